The van der Waals surface area contributed by atoms with E-state index >= 15 is 0 Å². The summed E-state index contributed by atoms with van der Waals surface area (Å²) in [6.07, 6.45) is 3.51. The standard InChI is InChI=1S/C18H21N/c1-13-8-9-15(11-14(13)2)12-16-5-3-7-18-17(16)6-4-10-19-18/h3,5,7-9,11,19H,4,6,10,12H2,1-2H3. The topological polar surface area (TPSA) is 12.0 Å². The summed E-state index contributed by atoms with van der Waals surface area (Å²) in [6.45, 7) is 5.48. The lowest BCUT2D eigenvalue weighted by atomic mass is 9.92. The largest absolute Gasteiger partial charge is 0.385 e. The normalized spacial score (nSPS) is 13.8. The highest BCUT2D eigenvalue weighted by atomic mass is 14.9. The molecule has 0 aromatic heterocycles. The van der Waals surface area contributed by atoms with Crippen molar-refractivity contribution in [3.63, 3.8) is 0 Å². The number of nitrogens with one attached hydrogen (secondary N) is 1. The molecule has 0 fully saturated rings. The Morgan fingerprint density at radius 2 is 1.95 bits per heavy atom. The molecule has 0 spiro atoms. The van der Waals surface area contributed by atoms with Gasteiger partial charge >= 0.3 is 0 Å². The van der Waals surface area contributed by atoms with Gasteiger partial charge in [-0.2, -0.15) is 0 Å². The zero-order valence-electron chi connectivity index (χ0n) is 11.8. The fourth-order valence-electron chi connectivity index (χ4n) is 2.88. The first-order valence-electron chi connectivity index (χ1n) is 7.15. The minimum absolute atomic E-state index is 1.05. The second kappa shape index (κ2) is 5.08. The number of hydrogen-bond acceptors (Lipinski definition) is 1. The van der Waals surface area contributed by atoms with Crippen molar-refractivity contribution in [1.82, 2.24) is 0 Å². The van der Waals surface area contributed by atoms with E-state index in [0.717, 1.165) is 13.0 Å². The molecule has 0 bridgehead atoms. The molecule has 1 nitrogen and oxygen atoms in total. The van der Waals surface area contributed by atoms with Crippen LogP contribution in [-0.4, -0.2) is 6.54 Å². The third-order valence-electron chi connectivity index (χ3n) is 4.16. The van der Waals surface area contributed by atoms with Crippen molar-refractivity contribution in [3.05, 3.63) is 64.2 Å². The summed E-state index contributed by atoms with van der Waals surface area (Å²) >= 11 is 0. The van der Waals surface area contributed by atoms with Crippen LogP contribution in [0.2, 0.25) is 0 Å². The molecule has 1 N–H and O–H groups in total. The van der Waals surface area contributed by atoms with Gasteiger partial charge in [-0.05, 0) is 67.0 Å². The average molecular weight is 251 g/mol. The lowest BCUT2D eigenvalue weighted by Crippen LogP contribution is -2.13. The number of anilines is 1. The van der Waals surface area contributed by atoms with Gasteiger partial charge in [0.2, 0.25) is 0 Å². The van der Waals surface area contributed by atoms with Gasteiger partial charge in [0.25, 0.3) is 0 Å². The Bertz CT molecular complexity index is 599. The van der Waals surface area contributed by atoms with Gasteiger partial charge in [0, 0.05) is 12.2 Å². The van der Waals surface area contributed by atoms with Crippen LogP contribution in [0, 0.1) is 13.8 Å². The Labute approximate surface area is 115 Å². The Kier molecular flexibility index (Phi) is 3.29. The number of rotatable bonds is 2. The van der Waals surface area contributed by atoms with Crippen molar-refractivity contribution in [1.29, 1.82) is 0 Å². The first kappa shape index (κ1) is 12.3. The highest BCUT2D eigenvalue weighted by Crippen LogP contribution is 2.27. The Morgan fingerprint density at radius 1 is 1.05 bits per heavy atom. The summed E-state index contributed by atoms with van der Waals surface area (Å²) < 4.78 is 0. The van der Waals surface area contributed by atoms with Gasteiger partial charge in [-0.3, -0.25) is 0 Å². The highest BCUT2D eigenvalue weighted by molar-refractivity contribution is 5.57. The summed E-state index contributed by atoms with van der Waals surface area (Å²) in [4.78, 5) is 0. The summed E-state index contributed by atoms with van der Waals surface area (Å²) in [5, 5.41) is 3.51. The van der Waals surface area contributed by atoms with E-state index in [0.29, 0.717) is 0 Å². The Hall–Kier alpha value is -1.76. The molecule has 0 amide bonds. The van der Waals surface area contributed by atoms with E-state index in [2.05, 4.69) is 55.6 Å². The minimum Gasteiger partial charge on any atom is -0.385 e. The van der Waals surface area contributed by atoms with Crippen LogP contribution in [-0.2, 0) is 12.8 Å². The SMILES string of the molecule is Cc1ccc(Cc2cccc3c2CCCN3)cc1C. The van der Waals surface area contributed by atoms with Crippen LogP contribution in [0.5, 0.6) is 0 Å². The molecule has 1 heteroatoms. The Balaban J connectivity index is 1.92. The number of aryl methyl sites for hydroxylation is 2. The average Bonchev–Trinajstić information content (AvgIpc) is 2.43. The van der Waals surface area contributed by atoms with Crippen molar-refractivity contribution in [3.8, 4) is 0 Å². The molecule has 19 heavy (non-hydrogen) atoms. The fraction of sp³-hybridized carbons (Fsp3) is 0.333. The molecule has 1 aliphatic heterocycles. The summed E-state index contributed by atoms with van der Waals surface area (Å²) in [5.74, 6) is 0. The third kappa shape index (κ3) is 2.51. The minimum atomic E-state index is 1.05. The van der Waals surface area contributed by atoms with Crippen LogP contribution >= 0.6 is 0 Å². The van der Waals surface area contributed by atoms with E-state index in [9.17, 15) is 0 Å². The maximum atomic E-state index is 3.51. The number of hydrogen-bond donors (Lipinski definition) is 1. The van der Waals surface area contributed by atoms with Gasteiger partial charge in [-0.15, -0.1) is 0 Å². The van der Waals surface area contributed by atoms with Gasteiger partial charge in [0.05, 0.1) is 0 Å². The molecule has 2 aromatic rings. The second-order valence-corrected chi connectivity index (χ2v) is 5.57. The molecule has 1 heterocycles. The molecule has 0 unspecified atom stereocenters. The monoisotopic (exact) mass is 251 g/mol. The van der Waals surface area contributed by atoms with E-state index < -0.39 is 0 Å². The van der Waals surface area contributed by atoms with Crippen molar-refractivity contribution in [2.45, 2.75) is 33.1 Å². The van der Waals surface area contributed by atoms with Crippen LogP contribution in [0.4, 0.5) is 5.69 Å². The van der Waals surface area contributed by atoms with Gasteiger partial charge in [-0.1, -0.05) is 30.3 Å². The molecule has 0 saturated carbocycles. The van der Waals surface area contributed by atoms with Crippen molar-refractivity contribution >= 4 is 5.69 Å². The molecular formula is C18H21N. The van der Waals surface area contributed by atoms with E-state index in [1.165, 1.54) is 46.3 Å². The third-order valence-corrected chi connectivity index (χ3v) is 4.16. The zero-order valence-corrected chi connectivity index (χ0v) is 11.8. The highest BCUT2D eigenvalue weighted by Gasteiger charge is 2.12. The smallest absolute Gasteiger partial charge is 0.0375 e. The predicted molar refractivity (Wildman–Crippen MR) is 82.0 cm³/mol. The zero-order chi connectivity index (χ0) is 13.2. The molecule has 0 saturated heterocycles. The molecule has 0 aliphatic carbocycles. The van der Waals surface area contributed by atoms with Gasteiger partial charge in [0.1, 0.15) is 0 Å². The van der Waals surface area contributed by atoms with Crippen molar-refractivity contribution < 1.29 is 0 Å². The summed E-state index contributed by atoms with van der Waals surface area (Å²) in [5.41, 5.74) is 8.52. The predicted octanol–water partition coefficient (Wildman–Crippen LogP) is 4.25. The van der Waals surface area contributed by atoms with E-state index in [-0.39, 0.29) is 0 Å². The van der Waals surface area contributed by atoms with E-state index in [1.807, 2.05) is 0 Å². The van der Waals surface area contributed by atoms with Crippen LogP contribution in [0.15, 0.2) is 36.4 Å². The Morgan fingerprint density at radius 3 is 2.79 bits per heavy atom. The van der Waals surface area contributed by atoms with Gasteiger partial charge in [-0.25, -0.2) is 0 Å². The van der Waals surface area contributed by atoms with Crippen LogP contribution in [0.25, 0.3) is 0 Å². The van der Waals surface area contributed by atoms with Crippen LogP contribution in [0.1, 0.15) is 34.2 Å². The molecule has 3 rings (SSSR count). The molecule has 0 atom stereocenters. The summed E-state index contributed by atoms with van der Waals surface area (Å²) in [7, 11) is 0. The second-order valence-electron chi connectivity index (χ2n) is 5.57. The first-order valence-corrected chi connectivity index (χ1v) is 7.15. The lowest BCUT2D eigenvalue weighted by molar-refractivity contribution is 0.819. The quantitative estimate of drug-likeness (QED) is 0.841. The van der Waals surface area contributed by atoms with Gasteiger partial charge < -0.3 is 5.32 Å². The molecule has 0 radical (unpaired) electrons. The van der Waals surface area contributed by atoms with E-state index in [4.69, 9.17) is 0 Å². The van der Waals surface area contributed by atoms with Crippen LogP contribution in [0.3, 0.4) is 0 Å². The summed E-state index contributed by atoms with van der Waals surface area (Å²) in [6, 6.07) is 13.5. The van der Waals surface area contributed by atoms with Crippen molar-refractivity contribution in [2.75, 3.05) is 11.9 Å². The molecule has 1 aliphatic rings. The molecule has 2 aromatic carbocycles. The molecular weight excluding hydrogens is 230 g/mol. The van der Waals surface area contributed by atoms with E-state index in [1.54, 1.807) is 0 Å². The maximum absolute atomic E-state index is 3.51. The fourth-order valence-corrected chi connectivity index (χ4v) is 2.88. The van der Waals surface area contributed by atoms with Crippen molar-refractivity contribution in [2.24, 2.45) is 0 Å². The maximum Gasteiger partial charge on any atom is 0.0375 e. The number of benzene rings is 2. The van der Waals surface area contributed by atoms with Gasteiger partial charge in [0.15, 0.2) is 0 Å². The number of fused-ring (bicyclic) bond motifs is 1. The lowest BCUT2D eigenvalue weighted by Gasteiger charge is -2.21. The first-order chi connectivity index (χ1) is 9.24. The molecule has 98 valence electrons. The van der Waals surface area contributed by atoms with Crippen LogP contribution < -0.4 is 5.32 Å².